The van der Waals surface area contributed by atoms with Crippen LogP contribution >= 0.6 is 0 Å². The molecule has 0 aromatic heterocycles. The predicted octanol–water partition coefficient (Wildman–Crippen LogP) is 8.52. The lowest BCUT2D eigenvalue weighted by Crippen LogP contribution is -2.80. The zero-order chi connectivity index (χ0) is 62.9. The fourth-order valence-electron chi connectivity index (χ4n) is 10.6. The number of benzene rings is 2. The van der Waals surface area contributed by atoms with Gasteiger partial charge >= 0.3 is 36.3 Å². The molecule has 4 heterocycles. The van der Waals surface area contributed by atoms with Crippen molar-refractivity contribution in [3.63, 3.8) is 0 Å². The number of hydrogen-bond donors (Lipinski definition) is 2. The van der Waals surface area contributed by atoms with E-state index in [9.17, 15) is 19.5 Å². The van der Waals surface area contributed by atoms with Gasteiger partial charge in [0.2, 0.25) is 11.9 Å². The first-order valence-corrected chi connectivity index (χ1v) is 31.1. The number of alkyl carbamates (subject to hydrolysis) is 1. The maximum Gasteiger partial charge on any atom is 0.437 e. The van der Waals surface area contributed by atoms with Crippen LogP contribution in [0.5, 0.6) is 0 Å². The molecule has 3 saturated heterocycles. The number of guanidine groups is 2. The molecule has 8 atom stereocenters. The van der Waals surface area contributed by atoms with Crippen LogP contribution in [0.3, 0.4) is 0 Å². The van der Waals surface area contributed by atoms with E-state index in [2.05, 4.69) is 10.3 Å². The van der Waals surface area contributed by atoms with Crippen molar-refractivity contribution in [1.82, 2.24) is 25.1 Å². The van der Waals surface area contributed by atoms with Crippen LogP contribution < -0.4 is 5.32 Å². The molecule has 4 amide bonds. The molecule has 0 aliphatic carbocycles. The van der Waals surface area contributed by atoms with Gasteiger partial charge in [0.1, 0.15) is 58.8 Å². The Morgan fingerprint density at radius 2 is 1.32 bits per heavy atom. The van der Waals surface area contributed by atoms with Gasteiger partial charge in [-0.2, -0.15) is 5.06 Å². The standard InChI is InChI=1S/C59H89N7O17Si/c1-21-76-45(68)40(42-38(44(67)75-18)32-78-66(42)41(36-28-24-22-25-29-36)37-30-26-23-27-31-37)58(73)34-63-48(62-50(70)81-54(5,6)7)64(51(71)82-55(8,9)10)39(33-79-84(19,20)57(14,15)16)43-59(63,46(58)77-35-74-17)65(52(72)83-56(11,12)13)47(60-43)61-49(69)80-53(2,3)4/h22-31,38-43,46,73H,21,32-35H2,1-20H3,(H,60,61,69)/t38?,39-,40?,42?,43-,46+,58-,59+/m0/s1. The number of carbonyl (C=O) groups excluding carboxylic acids is 6. The molecule has 466 valence electrons. The van der Waals surface area contributed by atoms with E-state index in [1.807, 2.05) is 94.5 Å². The maximum absolute atomic E-state index is 15.9. The van der Waals surface area contributed by atoms with E-state index < -0.39 is 157 Å². The van der Waals surface area contributed by atoms with Gasteiger partial charge in [0.05, 0.1) is 51.6 Å². The summed E-state index contributed by atoms with van der Waals surface area (Å²) in [6.45, 7) is 28.2. The van der Waals surface area contributed by atoms with Crippen LogP contribution in [0.25, 0.3) is 0 Å². The van der Waals surface area contributed by atoms with Crippen molar-refractivity contribution in [3.8, 4) is 0 Å². The Morgan fingerprint density at radius 1 is 0.786 bits per heavy atom. The van der Waals surface area contributed by atoms with Crippen molar-refractivity contribution in [2.24, 2.45) is 21.8 Å². The highest BCUT2D eigenvalue weighted by molar-refractivity contribution is 6.74. The minimum Gasteiger partial charge on any atom is -0.469 e. The normalized spacial score (nSPS) is 24.9. The molecule has 0 radical (unpaired) electrons. The quantitative estimate of drug-likeness (QED) is 0.0776. The van der Waals surface area contributed by atoms with Crippen molar-refractivity contribution in [2.75, 3.05) is 47.4 Å². The summed E-state index contributed by atoms with van der Waals surface area (Å²) in [5, 5.41) is 18.6. The molecule has 2 aromatic rings. The Hall–Kier alpha value is -6.22. The van der Waals surface area contributed by atoms with Gasteiger partial charge in [-0.15, -0.1) is 4.99 Å². The van der Waals surface area contributed by atoms with E-state index >= 15 is 14.4 Å². The molecule has 1 spiro atoms. The van der Waals surface area contributed by atoms with Crippen molar-refractivity contribution in [2.45, 2.75) is 193 Å². The van der Waals surface area contributed by atoms with Gasteiger partial charge in [-0.25, -0.2) is 34.0 Å². The molecule has 24 nitrogen and oxygen atoms in total. The Balaban J connectivity index is 1.86. The molecule has 4 aliphatic heterocycles. The number of ether oxygens (including phenoxy) is 8. The number of aliphatic imine (C=N–C) groups is 2. The van der Waals surface area contributed by atoms with Gasteiger partial charge in [0.15, 0.2) is 14.0 Å². The summed E-state index contributed by atoms with van der Waals surface area (Å²) in [7, 11) is -0.442. The summed E-state index contributed by atoms with van der Waals surface area (Å²) in [4.78, 5) is 111. The second-order valence-electron chi connectivity index (χ2n) is 26.8. The molecule has 3 fully saturated rings. The minimum atomic E-state index is -2.92. The lowest BCUT2D eigenvalue weighted by molar-refractivity contribution is -0.226. The SMILES string of the molecule is CCOC(=O)C(C1C(C(=O)OC)CON1C(c1ccccc1)c1ccccc1)[C@@]1(O)CN2C(=NC(=O)OC(C)(C)C)N(C(=O)OC(C)(C)C)[C@@H](CO[Si](C)(C)C(C)(C)C)[C@@H]3N=C(NC(=O)OC(C)(C)C)N(C(=O)OC(C)(C)C)[C@@]32[C@@H]1OCOC. The fourth-order valence-corrected chi connectivity index (χ4v) is 11.7. The number of amides is 4. The van der Waals surface area contributed by atoms with Crippen LogP contribution in [0.4, 0.5) is 19.2 Å². The van der Waals surface area contributed by atoms with Gasteiger partial charge in [0.25, 0.3) is 0 Å². The first-order chi connectivity index (χ1) is 38.8. The number of esters is 2. The van der Waals surface area contributed by atoms with Crippen molar-refractivity contribution in [1.29, 1.82) is 0 Å². The number of rotatable bonds is 14. The molecular formula is C59H89N7O17Si. The first-order valence-electron chi connectivity index (χ1n) is 28.2. The highest BCUT2D eigenvalue weighted by Crippen LogP contribution is 2.57. The number of hydrogen-bond acceptors (Lipinski definition) is 19. The average molecular weight is 1200 g/mol. The zero-order valence-corrected chi connectivity index (χ0v) is 53.5. The summed E-state index contributed by atoms with van der Waals surface area (Å²) in [6, 6.07) is 12.5. The first kappa shape index (κ1) is 66.9. The summed E-state index contributed by atoms with van der Waals surface area (Å²) in [5.74, 6) is -6.50. The van der Waals surface area contributed by atoms with Crippen LogP contribution in [0, 0.1) is 11.8 Å². The molecule has 6 rings (SSSR count). The molecule has 0 saturated carbocycles. The minimum absolute atomic E-state index is 0.258. The topological polar surface area (TPSA) is 265 Å². The second kappa shape index (κ2) is 25.0. The Kier molecular flexibility index (Phi) is 19.9. The molecule has 25 heteroatoms. The van der Waals surface area contributed by atoms with E-state index in [1.165, 1.54) is 24.2 Å². The highest BCUT2D eigenvalue weighted by Gasteiger charge is 2.81. The third kappa shape index (κ3) is 14.4. The number of methoxy groups -OCH3 is 2. The van der Waals surface area contributed by atoms with E-state index in [1.54, 1.807) is 90.0 Å². The summed E-state index contributed by atoms with van der Waals surface area (Å²) >= 11 is 0. The van der Waals surface area contributed by atoms with E-state index in [0.29, 0.717) is 11.1 Å². The van der Waals surface area contributed by atoms with Crippen LogP contribution in [0.1, 0.15) is 128 Å². The maximum atomic E-state index is 15.9. The van der Waals surface area contributed by atoms with Crippen molar-refractivity contribution >= 4 is 56.5 Å². The van der Waals surface area contributed by atoms with E-state index in [4.69, 9.17) is 52.2 Å². The van der Waals surface area contributed by atoms with Gasteiger partial charge < -0.3 is 52.3 Å². The number of hydroxylamine groups is 2. The van der Waals surface area contributed by atoms with E-state index in [-0.39, 0.29) is 13.2 Å². The van der Waals surface area contributed by atoms with Gasteiger partial charge in [-0.3, -0.25) is 19.7 Å². The van der Waals surface area contributed by atoms with Gasteiger partial charge in [-0.05, 0) is 119 Å². The molecule has 2 aromatic carbocycles. The summed E-state index contributed by atoms with van der Waals surface area (Å²) < 4.78 is 55.2. The van der Waals surface area contributed by atoms with Crippen molar-refractivity contribution < 1.29 is 81.0 Å². The molecular weight excluding hydrogens is 1110 g/mol. The van der Waals surface area contributed by atoms with E-state index in [0.717, 1.165) is 9.80 Å². The third-order valence-electron chi connectivity index (χ3n) is 14.8. The fraction of sp³-hybridized carbons (Fsp3) is 0.661. The number of nitrogens with zero attached hydrogens (tertiary/aromatic N) is 6. The highest BCUT2D eigenvalue weighted by atomic mass is 28.4. The molecule has 84 heavy (non-hydrogen) atoms. The van der Waals surface area contributed by atoms with Gasteiger partial charge in [-0.1, -0.05) is 81.4 Å². The molecule has 4 aliphatic rings. The summed E-state index contributed by atoms with van der Waals surface area (Å²) in [6.07, 6.45) is -6.76. The van der Waals surface area contributed by atoms with Crippen LogP contribution in [-0.2, 0) is 56.7 Å². The second-order valence-corrected chi connectivity index (χ2v) is 31.6. The number of nitrogens with one attached hydrogen (secondary N) is 1. The van der Waals surface area contributed by atoms with Crippen LogP contribution in [0.15, 0.2) is 70.6 Å². The third-order valence-corrected chi connectivity index (χ3v) is 19.3. The van der Waals surface area contributed by atoms with Crippen molar-refractivity contribution in [3.05, 3.63) is 71.8 Å². The smallest absolute Gasteiger partial charge is 0.437 e. The molecule has 2 N–H and O–H groups in total. The summed E-state index contributed by atoms with van der Waals surface area (Å²) in [5.41, 5.74) is -9.00. The Morgan fingerprint density at radius 3 is 1.81 bits per heavy atom. The monoisotopic (exact) mass is 1200 g/mol. The molecule has 0 bridgehead atoms. The average Bonchev–Trinajstić information content (AvgIpc) is 1.49. The lowest BCUT2D eigenvalue weighted by Gasteiger charge is -2.56. The largest absolute Gasteiger partial charge is 0.469 e. The Labute approximate surface area is 494 Å². The lowest BCUT2D eigenvalue weighted by atomic mass is 9.71. The predicted molar refractivity (Wildman–Crippen MR) is 310 cm³/mol. The molecule has 3 unspecified atom stereocenters. The zero-order valence-electron chi connectivity index (χ0n) is 52.5. The van der Waals surface area contributed by atoms with Crippen LogP contribution in [-0.4, -0.2) is 187 Å². The Bertz CT molecular complexity index is 2730. The van der Waals surface area contributed by atoms with Gasteiger partial charge in [0, 0.05) is 7.11 Å². The number of carbonyl (C=O) groups is 6. The number of aliphatic hydroxyl groups is 1. The van der Waals surface area contributed by atoms with Crippen LogP contribution in [0.2, 0.25) is 18.1 Å².